The van der Waals surface area contributed by atoms with Gasteiger partial charge < -0.3 is 0 Å². The number of carbonyl (C=O) groups excluding carboxylic acids is 1. The SMILES string of the molecule is CC(=O)c1cccc(F)c1F.CCC. The Balaban J connectivity index is 0.000000500. The highest BCUT2D eigenvalue weighted by molar-refractivity contribution is 5.94. The van der Waals surface area contributed by atoms with Crippen LogP contribution in [0.25, 0.3) is 0 Å². The number of Topliss-reactive ketones (excluding diaryl/α,β-unsaturated/α-hetero) is 1. The van der Waals surface area contributed by atoms with Gasteiger partial charge in [0.05, 0.1) is 5.56 Å². The normalized spacial score (nSPS) is 8.93. The van der Waals surface area contributed by atoms with Gasteiger partial charge in [-0.1, -0.05) is 26.3 Å². The second-order valence-electron chi connectivity index (χ2n) is 2.86. The smallest absolute Gasteiger partial charge is 0.169 e. The summed E-state index contributed by atoms with van der Waals surface area (Å²) in [4.78, 5) is 10.6. The number of halogens is 2. The molecule has 1 aromatic carbocycles. The molecule has 14 heavy (non-hydrogen) atoms. The van der Waals surface area contributed by atoms with Gasteiger partial charge in [0.15, 0.2) is 17.4 Å². The molecule has 0 saturated heterocycles. The number of hydrogen-bond acceptors (Lipinski definition) is 1. The van der Waals surface area contributed by atoms with Gasteiger partial charge in [0.1, 0.15) is 0 Å². The fraction of sp³-hybridized carbons (Fsp3) is 0.364. The van der Waals surface area contributed by atoms with Gasteiger partial charge in [-0.15, -0.1) is 0 Å². The molecular formula is C11H14F2O. The van der Waals surface area contributed by atoms with Crippen molar-refractivity contribution in [2.75, 3.05) is 0 Å². The van der Waals surface area contributed by atoms with Crippen molar-refractivity contribution in [3.05, 3.63) is 35.4 Å². The first-order valence-electron chi connectivity index (χ1n) is 4.49. The molecule has 0 saturated carbocycles. The molecule has 0 amide bonds. The summed E-state index contributed by atoms with van der Waals surface area (Å²) in [6, 6.07) is 3.53. The van der Waals surface area contributed by atoms with E-state index in [2.05, 4.69) is 13.8 Å². The van der Waals surface area contributed by atoms with Crippen molar-refractivity contribution >= 4 is 5.78 Å². The lowest BCUT2D eigenvalue weighted by molar-refractivity contribution is 0.101. The minimum absolute atomic E-state index is 0.204. The highest BCUT2D eigenvalue weighted by atomic mass is 19.2. The number of rotatable bonds is 1. The van der Waals surface area contributed by atoms with Gasteiger partial charge in [0.2, 0.25) is 0 Å². The zero-order valence-electron chi connectivity index (χ0n) is 8.60. The fourth-order valence-electron chi connectivity index (χ4n) is 0.776. The minimum Gasteiger partial charge on any atom is -0.294 e. The first-order valence-corrected chi connectivity index (χ1v) is 4.49. The van der Waals surface area contributed by atoms with Crippen LogP contribution in [0.4, 0.5) is 8.78 Å². The maximum Gasteiger partial charge on any atom is 0.169 e. The van der Waals surface area contributed by atoms with Crippen molar-refractivity contribution in [2.24, 2.45) is 0 Å². The number of carbonyl (C=O) groups is 1. The Morgan fingerprint density at radius 2 is 1.79 bits per heavy atom. The van der Waals surface area contributed by atoms with E-state index in [1.54, 1.807) is 0 Å². The molecule has 0 atom stereocenters. The third-order valence-electron chi connectivity index (χ3n) is 1.33. The zero-order valence-corrected chi connectivity index (χ0v) is 8.60. The molecule has 0 heterocycles. The standard InChI is InChI=1S/C8H6F2O.C3H8/c1-5(11)6-3-2-4-7(9)8(6)10;1-3-2/h2-4H,1H3;3H2,1-2H3. The lowest BCUT2D eigenvalue weighted by Crippen LogP contribution is -1.98. The summed E-state index contributed by atoms with van der Waals surface area (Å²) in [5.74, 6) is -2.53. The Bertz CT molecular complexity index is 308. The number of hydrogen-bond donors (Lipinski definition) is 0. The van der Waals surface area contributed by atoms with Crippen molar-refractivity contribution in [3.8, 4) is 0 Å². The summed E-state index contributed by atoms with van der Waals surface area (Å²) in [5.41, 5.74) is -0.204. The summed E-state index contributed by atoms with van der Waals surface area (Å²) in [6.45, 7) is 5.44. The first kappa shape index (κ1) is 12.8. The molecular weight excluding hydrogens is 186 g/mol. The Morgan fingerprint density at radius 1 is 1.29 bits per heavy atom. The van der Waals surface area contributed by atoms with Crippen LogP contribution < -0.4 is 0 Å². The van der Waals surface area contributed by atoms with Crippen molar-refractivity contribution in [3.63, 3.8) is 0 Å². The second-order valence-corrected chi connectivity index (χ2v) is 2.86. The first-order chi connectivity index (χ1) is 6.54. The van der Waals surface area contributed by atoms with Crippen molar-refractivity contribution < 1.29 is 13.6 Å². The molecule has 0 aliphatic rings. The predicted molar refractivity (Wildman–Crippen MR) is 52.3 cm³/mol. The van der Waals surface area contributed by atoms with Crippen molar-refractivity contribution in [2.45, 2.75) is 27.2 Å². The predicted octanol–water partition coefficient (Wildman–Crippen LogP) is 3.58. The maximum atomic E-state index is 12.7. The summed E-state index contributed by atoms with van der Waals surface area (Å²) < 4.78 is 25.1. The molecule has 0 bridgehead atoms. The maximum absolute atomic E-state index is 12.7. The summed E-state index contributed by atoms with van der Waals surface area (Å²) in [6.07, 6.45) is 1.25. The van der Waals surface area contributed by atoms with Gasteiger partial charge in [-0.25, -0.2) is 8.78 Å². The molecule has 0 fully saturated rings. The Labute approximate surface area is 82.8 Å². The van der Waals surface area contributed by atoms with Gasteiger partial charge in [-0.3, -0.25) is 4.79 Å². The van der Waals surface area contributed by atoms with Gasteiger partial charge in [0, 0.05) is 0 Å². The second kappa shape index (κ2) is 6.24. The highest BCUT2D eigenvalue weighted by Crippen LogP contribution is 2.11. The molecule has 0 aliphatic heterocycles. The molecule has 0 radical (unpaired) electrons. The molecule has 0 aliphatic carbocycles. The van der Waals surface area contributed by atoms with Crippen LogP contribution >= 0.6 is 0 Å². The van der Waals surface area contributed by atoms with E-state index in [0.29, 0.717) is 0 Å². The third kappa shape index (κ3) is 3.64. The topological polar surface area (TPSA) is 17.1 Å². The van der Waals surface area contributed by atoms with Gasteiger partial charge in [-0.2, -0.15) is 0 Å². The van der Waals surface area contributed by atoms with E-state index in [1.165, 1.54) is 25.5 Å². The van der Waals surface area contributed by atoms with Crippen LogP contribution in [0.3, 0.4) is 0 Å². The van der Waals surface area contributed by atoms with E-state index in [1.807, 2.05) is 0 Å². The van der Waals surface area contributed by atoms with Crippen LogP contribution in [0.1, 0.15) is 37.6 Å². The average molecular weight is 200 g/mol. The van der Waals surface area contributed by atoms with E-state index in [0.717, 1.165) is 6.07 Å². The van der Waals surface area contributed by atoms with Gasteiger partial charge in [0.25, 0.3) is 0 Å². The van der Waals surface area contributed by atoms with E-state index < -0.39 is 17.4 Å². The molecule has 0 aromatic heterocycles. The average Bonchev–Trinajstić information content (AvgIpc) is 2.10. The lowest BCUT2D eigenvalue weighted by atomic mass is 10.1. The largest absolute Gasteiger partial charge is 0.294 e. The van der Waals surface area contributed by atoms with E-state index in [4.69, 9.17) is 0 Å². The number of benzene rings is 1. The fourth-order valence-corrected chi connectivity index (χ4v) is 0.776. The molecule has 3 heteroatoms. The van der Waals surface area contributed by atoms with Crippen LogP contribution in [-0.2, 0) is 0 Å². The molecule has 0 unspecified atom stereocenters. The Hall–Kier alpha value is -1.25. The van der Waals surface area contributed by atoms with Gasteiger partial charge >= 0.3 is 0 Å². The third-order valence-corrected chi connectivity index (χ3v) is 1.33. The molecule has 0 spiro atoms. The summed E-state index contributed by atoms with van der Waals surface area (Å²) in [5, 5.41) is 0. The molecule has 1 aromatic rings. The number of ketones is 1. The van der Waals surface area contributed by atoms with Crippen molar-refractivity contribution in [1.29, 1.82) is 0 Å². The Morgan fingerprint density at radius 3 is 2.14 bits per heavy atom. The molecule has 0 N–H and O–H groups in total. The van der Waals surface area contributed by atoms with Gasteiger partial charge in [-0.05, 0) is 19.1 Å². The van der Waals surface area contributed by atoms with Crippen molar-refractivity contribution in [1.82, 2.24) is 0 Å². The molecule has 78 valence electrons. The van der Waals surface area contributed by atoms with E-state index in [9.17, 15) is 13.6 Å². The summed E-state index contributed by atoms with van der Waals surface area (Å²) >= 11 is 0. The zero-order chi connectivity index (χ0) is 11.1. The van der Waals surface area contributed by atoms with Crippen LogP contribution in [0, 0.1) is 11.6 Å². The molecule has 1 rings (SSSR count). The van der Waals surface area contributed by atoms with Crippen LogP contribution in [0.2, 0.25) is 0 Å². The Kier molecular flexibility index (Phi) is 5.68. The monoisotopic (exact) mass is 200 g/mol. The molecule has 1 nitrogen and oxygen atoms in total. The minimum atomic E-state index is -1.07. The highest BCUT2D eigenvalue weighted by Gasteiger charge is 2.09. The van der Waals surface area contributed by atoms with Crippen LogP contribution in [-0.4, -0.2) is 5.78 Å². The quantitative estimate of drug-likeness (QED) is 0.633. The van der Waals surface area contributed by atoms with Crippen LogP contribution in [0.5, 0.6) is 0 Å². The van der Waals surface area contributed by atoms with E-state index >= 15 is 0 Å². The van der Waals surface area contributed by atoms with Crippen LogP contribution in [0.15, 0.2) is 18.2 Å². The van der Waals surface area contributed by atoms with E-state index in [-0.39, 0.29) is 5.56 Å². The summed E-state index contributed by atoms with van der Waals surface area (Å²) in [7, 11) is 0. The lowest BCUT2D eigenvalue weighted by Gasteiger charge is -1.97.